The molecule has 0 aliphatic carbocycles. The first kappa shape index (κ1) is 29.3. The lowest BCUT2D eigenvalue weighted by Gasteiger charge is -2.31. The fraction of sp³-hybridized carbons (Fsp3) is 0.324. The van der Waals surface area contributed by atoms with Crippen molar-refractivity contribution < 1.29 is 9.59 Å². The number of fused-ring (bicyclic) bond motifs is 1. The van der Waals surface area contributed by atoms with Gasteiger partial charge in [0.15, 0.2) is 5.78 Å². The minimum absolute atomic E-state index is 0.00345. The summed E-state index contributed by atoms with van der Waals surface area (Å²) in [7, 11) is 0. The number of aromatic amines is 1. The molecule has 1 aliphatic rings. The predicted molar refractivity (Wildman–Crippen MR) is 173 cm³/mol. The van der Waals surface area contributed by atoms with E-state index in [0.29, 0.717) is 28.1 Å². The van der Waals surface area contributed by atoms with Crippen molar-refractivity contribution in [1.29, 1.82) is 0 Å². The largest absolute Gasteiger partial charge is 0.324 e. The smallest absolute Gasteiger partial charge is 0.317 e. The highest BCUT2D eigenvalue weighted by Crippen LogP contribution is 2.38. The topological polar surface area (TPSA) is 130 Å². The minimum atomic E-state index is -0.441. The summed E-state index contributed by atoms with van der Waals surface area (Å²) in [6, 6.07) is 22.5. The molecule has 5 aromatic rings. The molecule has 3 heterocycles. The van der Waals surface area contributed by atoms with Crippen LogP contribution in [0.15, 0.2) is 72.8 Å². The van der Waals surface area contributed by atoms with Gasteiger partial charge in [-0.2, -0.15) is 20.5 Å². The van der Waals surface area contributed by atoms with Crippen LogP contribution >= 0.6 is 0 Å². The quantitative estimate of drug-likeness (QED) is 0.163. The van der Waals surface area contributed by atoms with Crippen molar-refractivity contribution in [1.82, 2.24) is 30.5 Å². The number of para-hydroxylation sites is 1. The number of amides is 2. The van der Waals surface area contributed by atoms with E-state index in [-0.39, 0.29) is 17.1 Å². The zero-order valence-electron chi connectivity index (χ0n) is 25.5. The first-order valence-electron chi connectivity index (χ1n) is 15.1. The maximum atomic E-state index is 14.2. The summed E-state index contributed by atoms with van der Waals surface area (Å²) in [6.07, 6.45) is 1.71. The van der Waals surface area contributed by atoms with Gasteiger partial charge in [0.25, 0.3) is 0 Å². The van der Waals surface area contributed by atoms with Crippen molar-refractivity contribution in [2.24, 2.45) is 5.92 Å². The Kier molecular flexibility index (Phi) is 8.01. The molecule has 6 rings (SSSR count). The molecule has 10 nitrogen and oxygen atoms in total. The molecule has 0 saturated carbocycles. The number of aromatic nitrogens is 5. The molecule has 2 aromatic heterocycles. The second-order valence-corrected chi connectivity index (χ2v) is 12.5. The number of hydrogen-bond acceptors (Lipinski definition) is 6. The van der Waals surface area contributed by atoms with Gasteiger partial charge < -0.3 is 10.6 Å². The van der Waals surface area contributed by atoms with E-state index in [1.807, 2.05) is 73.7 Å². The number of carbonyl (C=O) groups excluding carboxylic acids is 2. The molecule has 1 unspecified atom stereocenters. The number of rotatable bonds is 7. The number of aryl methyl sites for hydroxylation is 1. The number of nitrogens with zero attached hydrogens (tertiary/aromatic N) is 4. The van der Waals surface area contributed by atoms with E-state index in [0.717, 1.165) is 48.4 Å². The Labute approximate surface area is 256 Å². The summed E-state index contributed by atoms with van der Waals surface area (Å²) in [5.74, 6) is 0.230. The molecule has 1 fully saturated rings. The van der Waals surface area contributed by atoms with Crippen LogP contribution < -0.4 is 16.0 Å². The lowest BCUT2D eigenvalue weighted by molar-refractivity contribution is 0.0916. The lowest BCUT2D eigenvalue weighted by Crippen LogP contribution is -2.34. The molecule has 1 aliphatic heterocycles. The molecule has 226 valence electrons. The average Bonchev–Trinajstić information content (AvgIpc) is 3.66. The van der Waals surface area contributed by atoms with E-state index in [2.05, 4.69) is 52.1 Å². The molecule has 0 spiro atoms. The highest BCUT2D eigenvalue weighted by atomic mass is 16.2. The number of urea groups is 1. The Balaban J connectivity index is 1.32. The molecular weight excluding hydrogens is 552 g/mol. The van der Waals surface area contributed by atoms with Gasteiger partial charge in [0.1, 0.15) is 16.9 Å². The molecular formula is C34H38N8O2. The Morgan fingerprint density at radius 2 is 1.64 bits per heavy atom. The Hall–Kier alpha value is -4.83. The summed E-state index contributed by atoms with van der Waals surface area (Å²) in [6.45, 7) is 9.98. The zero-order chi connectivity index (χ0) is 30.8. The van der Waals surface area contributed by atoms with Gasteiger partial charge in [-0.3, -0.25) is 10.1 Å². The Morgan fingerprint density at radius 1 is 0.909 bits per heavy atom. The van der Waals surface area contributed by atoms with E-state index in [1.165, 1.54) is 0 Å². The molecule has 1 saturated heterocycles. The van der Waals surface area contributed by atoms with Crippen LogP contribution in [0.25, 0.3) is 16.7 Å². The van der Waals surface area contributed by atoms with Gasteiger partial charge in [-0.25, -0.2) is 9.48 Å². The fourth-order valence-electron chi connectivity index (χ4n) is 5.83. The SMILES string of the molecule is Cc1ccc(-n2nc(C(C)(C)C)cc2NC(=O)Nc2ccccc2C(C(=O)c2ccc3n[nH]nc3c2)C2CCNCC2)cc1. The number of piperidine rings is 1. The molecule has 10 heteroatoms. The van der Waals surface area contributed by atoms with Gasteiger partial charge in [0.2, 0.25) is 0 Å². The van der Waals surface area contributed by atoms with Gasteiger partial charge in [-0.15, -0.1) is 0 Å². The van der Waals surface area contributed by atoms with Crippen LogP contribution in [0.1, 0.15) is 66.7 Å². The highest BCUT2D eigenvalue weighted by molar-refractivity contribution is 6.05. The summed E-state index contributed by atoms with van der Waals surface area (Å²) in [5.41, 5.74) is 5.95. The fourth-order valence-corrected chi connectivity index (χ4v) is 5.83. The predicted octanol–water partition coefficient (Wildman–Crippen LogP) is 6.36. The summed E-state index contributed by atoms with van der Waals surface area (Å²) < 4.78 is 1.76. The number of H-pyrrole nitrogens is 1. The van der Waals surface area contributed by atoms with Crippen LogP contribution in [-0.2, 0) is 5.41 Å². The van der Waals surface area contributed by atoms with E-state index in [9.17, 15) is 9.59 Å². The van der Waals surface area contributed by atoms with Gasteiger partial charge in [0.05, 0.1) is 17.3 Å². The van der Waals surface area contributed by atoms with Gasteiger partial charge in [-0.1, -0.05) is 56.7 Å². The number of nitrogens with one attached hydrogen (secondary N) is 4. The second-order valence-electron chi connectivity index (χ2n) is 12.5. The minimum Gasteiger partial charge on any atom is -0.317 e. The van der Waals surface area contributed by atoms with Crippen molar-refractivity contribution in [3.05, 3.63) is 95.2 Å². The maximum Gasteiger partial charge on any atom is 0.324 e. The van der Waals surface area contributed by atoms with Crippen LogP contribution in [0, 0.1) is 12.8 Å². The third-order valence-corrected chi connectivity index (χ3v) is 8.28. The van der Waals surface area contributed by atoms with Crippen molar-refractivity contribution in [3.63, 3.8) is 0 Å². The number of hydrogen-bond donors (Lipinski definition) is 4. The monoisotopic (exact) mass is 590 g/mol. The molecule has 1 atom stereocenters. The molecule has 0 bridgehead atoms. The van der Waals surface area contributed by atoms with Crippen molar-refractivity contribution in [2.45, 2.75) is 51.9 Å². The molecule has 2 amide bonds. The van der Waals surface area contributed by atoms with E-state index in [1.54, 1.807) is 10.7 Å². The lowest BCUT2D eigenvalue weighted by atomic mass is 9.75. The Morgan fingerprint density at radius 3 is 2.39 bits per heavy atom. The standard InChI is InChI=1S/C34H38N8O2/c1-21-9-12-24(13-10-21)42-30(20-29(40-42)34(2,3)4)37-33(44)36-26-8-6-5-7-25(26)31(22-15-17-35-18-16-22)32(43)23-11-14-27-28(19-23)39-41-38-27/h5-14,19-20,22,31,35H,15-18H2,1-4H3,(H2,36,37,44)(H,38,39,41). The second kappa shape index (κ2) is 12.0. The first-order chi connectivity index (χ1) is 21.2. The van der Waals surface area contributed by atoms with Crippen LogP contribution in [-0.4, -0.2) is 50.1 Å². The number of benzene rings is 3. The molecule has 44 heavy (non-hydrogen) atoms. The third kappa shape index (κ3) is 6.12. The van der Waals surface area contributed by atoms with Gasteiger partial charge >= 0.3 is 6.03 Å². The normalized spacial score (nSPS) is 14.8. The maximum absolute atomic E-state index is 14.2. The Bertz CT molecular complexity index is 1790. The van der Waals surface area contributed by atoms with E-state index >= 15 is 0 Å². The molecule has 3 aromatic carbocycles. The summed E-state index contributed by atoms with van der Waals surface area (Å²) >= 11 is 0. The van der Waals surface area contributed by atoms with Crippen LogP contribution in [0.4, 0.5) is 16.3 Å². The van der Waals surface area contributed by atoms with Gasteiger partial charge in [-0.05, 0) is 80.7 Å². The summed E-state index contributed by atoms with van der Waals surface area (Å²) in [4.78, 5) is 27.9. The number of ketones is 1. The van der Waals surface area contributed by atoms with Crippen LogP contribution in [0.3, 0.4) is 0 Å². The first-order valence-corrected chi connectivity index (χ1v) is 15.1. The zero-order valence-corrected chi connectivity index (χ0v) is 25.5. The van der Waals surface area contributed by atoms with Crippen molar-refractivity contribution in [2.75, 3.05) is 23.7 Å². The van der Waals surface area contributed by atoms with Crippen molar-refractivity contribution >= 4 is 34.4 Å². The van der Waals surface area contributed by atoms with Crippen LogP contribution in [0.5, 0.6) is 0 Å². The third-order valence-electron chi connectivity index (χ3n) is 8.28. The number of Topliss-reactive ketones (excluding diaryl/α,β-unsaturated/α-hetero) is 1. The summed E-state index contributed by atoms with van der Waals surface area (Å²) in [5, 5.41) is 25.3. The van der Waals surface area contributed by atoms with E-state index < -0.39 is 11.9 Å². The van der Waals surface area contributed by atoms with E-state index in [4.69, 9.17) is 5.10 Å². The van der Waals surface area contributed by atoms with Crippen molar-refractivity contribution in [3.8, 4) is 5.69 Å². The molecule has 4 N–H and O–H groups in total. The number of carbonyl (C=O) groups is 2. The number of anilines is 2. The highest BCUT2D eigenvalue weighted by Gasteiger charge is 2.34. The average molecular weight is 591 g/mol. The van der Waals surface area contributed by atoms with Gasteiger partial charge in [0, 0.05) is 22.7 Å². The molecule has 0 radical (unpaired) electrons. The van der Waals surface area contributed by atoms with Crippen LogP contribution in [0.2, 0.25) is 0 Å².